The molecular formula is C32H27F7N4O2. The van der Waals surface area contributed by atoms with Crippen molar-refractivity contribution >= 4 is 17.6 Å². The van der Waals surface area contributed by atoms with Gasteiger partial charge >= 0.3 is 18.4 Å². The fourth-order valence-electron chi connectivity index (χ4n) is 5.20. The lowest BCUT2D eigenvalue weighted by molar-refractivity contribution is -0.143. The van der Waals surface area contributed by atoms with Crippen molar-refractivity contribution in [3.05, 3.63) is 107 Å². The van der Waals surface area contributed by atoms with Gasteiger partial charge in [0, 0.05) is 43.2 Å². The van der Waals surface area contributed by atoms with Crippen LogP contribution in [0, 0.1) is 19.7 Å². The number of aryl methyl sites for hydroxylation is 1. The van der Waals surface area contributed by atoms with Crippen LogP contribution in [0.15, 0.2) is 72.8 Å². The van der Waals surface area contributed by atoms with Gasteiger partial charge in [-0.15, -0.1) is 0 Å². The molecule has 0 radical (unpaired) electrons. The van der Waals surface area contributed by atoms with E-state index in [1.54, 1.807) is 25.1 Å². The van der Waals surface area contributed by atoms with Crippen LogP contribution in [-0.2, 0) is 12.4 Å². The molecule has 0 atom stereocenters. The Bertz CT molecular complexity index is 1690. The van der Waals surface area contributed by atoms with Crippen LogP contribution in [0.2, 0.25) is 0 Å². The molecule has 4 aromatic rings. The third kappa shape index (κ3) is 6.81. The number of nitrogens with zero attached hydrogens (tertiary/aromatic N) is 3. The molecule has 6 nitrogen and oxygen atoms in total. The van der Waals surface area contributed by atoms with E-state index < -0.39 is 41.0 Å². The maximum atomic E-state index is 13.7. The van der Waals surface area contributed by atoms with E-state index >= 15 is 0 Å². The third-order valence-corrected chi connectivity index (χ3v) is 7.60. The minimum Gasteiger partial charge on any atom is -0.335 e. The summed E-state index contributed by atoms with van der Waals surface area (Å²) in [6, 6.07) is 15.2. The lowest BCUT2D eigenvalue weighted by Crippen LogP contribution is -2.51. The number of nitrogens with one attached hydrogen (secondary N) is 1. The van der Waals surface area contributed by atoms with Crippen molar-refractivity contribution in [3.8, 4) is 16.9 Å². The quantitative estimate of drug-likeness (QED) is 0.233. The maximum absolute atomic E-state index is 13.7. The Morgan fingerprint density at radius 2 is 1.24 bits per heavy atom. The summed E-state index contributed by atoms with van der Waals surface area (Å²) < 4.78 is 94.9. The summed E-state index contributed by atoms with van der Waals surface area (Å²) in [5.74, 6) is -0.731. The highest BCUT2D eigenvalue weighted by molar-refractivity contribution is 5.98. The fourth-order valence-corrected chi connectivity index (χ4v) is 5.20. The van der Waals surface area contributed by atoms with Crippen LogP contribution in [0.3, 0.4) is 0 Å². The number of aromatic nitrogens is 1. The first kappa shape index (κ1) is 31.6. The van der Waals surface area contributed by atoms with Crippen molar-refractivity contribution in [2.24, 2.45) is 0 Å². The molecule has 1 aromatic heterocycles. The first-order chi connectivity index (χ1) is 21.1. The van der Waals surface area contributed by atoms with Crippen LogP contribution in [0.5, 0.6) is 0 Å². The van der Waals surface area contributed by atoms with E-state index in [4.69, 9.17) is 0 Å². The number of piperazine rings is 1. The number of amides is 3. The molecule has 0 unspecified atom stereocenters. The van der Waals surface area contributed by atoms with Gasteiger partial charge in [-0.1, -0.05) is 17.7 Å². The molecule has 0 spiro atoms. The van der Waals surface area contributed by atoms with Gasteiger partial charge in [-0.2, -0.15) is 26.3 Å². The van der Waals surface area contributed by atoms with Gasteiger partial charge in [0.1, 0.15) is 5.82 Å². The second-order valence-electron chi connectivity index (χ2n) is 10.7. The number of benzene rings is 3. The van der Waals surface area contributed by atoms with E-state index in [-0.39, 0.29) is 38.2 Å². The molecule has 236 valence electrons. The van der Waals surface area contributed by atoms with E-state index in [0.29, 0.717) is 34.6 Å². The molecule has 13 heteroatoms. The summed E-state index contributed by atoms with van der Waals surface area (Å²) in [5.41, 5.74) is 0.458. The molecular weight excluding hydrogens is 605 g/mol. The van der Waals surface area contributed by atoms with Gasteiger partial charge in [0.05, 0.1) is 22.4 Å². The molecule has 1 aliphatic rings. The van der Waals surface area contributed by atoms with Crippen molar-refractivity contribution in [1.82, 2.24) is 14.4 Å². The van der Waals surface area contributed by atoms with Crippen LogP contribution in [0.25, 0.3) is 16.9 Å². The molecule has 3 amide bonds. The van der Waals surface area contributed by atoms with Gasteiger partial charge in [0.2, 0.25) is 0 Å². The standard InChI is InChI=1S/C32H27F7N4O2/c1-19-3-9-26(10-4-19)43-20(2)27(18-28(43)21-5-7-24(33)8-6-21)29(44)41-11-13-42(14-12-41)30(45)40-25-16-22(31(34,35)36)15-23(17-25)32(37,38)39/h3-10,15-18H,11-14H2,1-2H3,(H,40,45). The zero-order valence-electron chi connectivity index (χ0n) is 24.1. The van der Waals surface area contributed by atoms with E-state index in [1.807, 2.05) is 35.8 Å². The molecule has 1 fully saturated rings. The number of rotatable bonds is 4. The molecule has 5 rings (SSSR count). The molecule has 1 saturated heterocycles. The number of alkyl halides is 6. The van der Waals surface area contributed by atoms with Crippen molar-refractivity contribution in [1.29, 1.82) is 0 Å². The number of carbonyl (C=O) groups is 2. The second kappa shape index (κ2) is 11.9. The maximum Gasteiger partial charge on any atom is 0.416 e. The molecule has 0 bridgehead atoms. The van der Waals surface area contributed by atoms with Crippen molar-refractivity contribution in [2.75, 3.05) is 31.5 Å². The minimum atomic E-state index is -5.06. The molecule has 2 heterocycles. The van der Waals surface area contributed by atoms with E-state index in [2.05, 4.69) is 5.32 Å². The van der Waals surface area contributed by atoms with Crippen molar-refractivity contribution in [3.63, 3.8) is 0 Å². The lowest BCUT2D eigenvalue weighted by atomic mass is 10.1. The lowest BCUT2D eigenvalue weighted by Gasteiger charge is -2.34. The Morgan fingerprint density at radius 1 is 0.711 bits per heavy atom. The number of carbonyl (C=O) groups excluding carboxylic acids is 2. The smallest absolute Gasteiger partial charge is 0.335 e. The van der Waals surface area contributed by atoms with Crippen LogP contribution < -0.4 is 5.32 Å². The average Bonchev–Trinajstić information content (AvgIpc) is 3.33. The largest absolute Gasteiger partial charge is 0.416 e. The molecule has 45 heavy (non-hydrogen) atoms. The van der Waals surface area contributed by atoms with Gasteiger partial charge in [0.25, 0.3) is 5.91 Å². The topological polar surface area (TPSA) is 57.6 Å². The Labute approximate surface area is 253 Å². The third-order valence-electron chi connectivity index (χ3n) is 7.60. The normalized spacial score (nSPS) is 14.1. The summed E-state index contributed by atoms with van der Waals surface area (Å²) in [6.45, 7) is 3.86. The number of anilines is 1. The fraction of sp³-hybridized carbons (Fsp3) is 0.250. The number of hydrogen-bond acceptors (Lipinski definition) is 2. The molecule has 0 aliphatic carbocycles. The van der Waals surface area contributed by atoms with Crippen LogP contribution in [-0.4, -0.2) is 52.5 Å². The van der Waals surface area contributed by atoms with E-state index in [1.165, 1.54) is 21.9 Å². The summed E-state index contributed by atoms with van der Waals surface area (Å²) in [5, 5.41) is 2.13. The summed E-state index contributed by atoms with van der Waals surface area (Å²) in [7, 11) is 0. The Hall–Kier alpha value is -4.81. The van der Waals surface area contributed by atoms with Gasteiger partial charge < -0.3 is 19.7 Å². The summed E-state index contributed by atoms with van der Waals surface area (Å²) >= 11 is 0. The van der Waals surface area contributed by atoms with Gasteiger partial charge in [-0.05, 0) is 80.1 Å². The van der Waals surface area contributed by atoms with Gasteiger partial charge in [-0.3, -0.25) is 4.79 Å². The summed E-state index contributed by atoms with van der Waals surface area (Å²) in [6.07, 6.45) is -10.1. The number of hydrogen-bond donors (Lipinski definition) is 1. The molecule has 1 aliphatic heterocycles. The summed E-state index contributed by atoms with van der Waals surface area (Å²) in [4.78, 5) is 29.3. The zero-order valence-corrected chi connectivity index (χ0v) is 24.1. The van der Waals surface area contributed by atoms with Crippen molar-refractivity contribution in [2.45, 2.75) is 26.2 Å². The van der Waals surface area contributed by atoms with E-state index in [9.17, 15) is 40.3 Å². The highest BCUT2D eigenvalue weighted by Gasteiger charge is 2.37. The molecule has 1 N–H and O–H groups in total. The molecule has 0 saturated carbocycles. The predicted molar refractivity (Wildman–Crippen MR) is 154 cm³/mol. The monoisotopic (exact) mass is 632 g/mol. The zero-order chi connectivity index (χ0) is 32.7. The Balaban J connectivity index is 1.34. The first-order valence-corrected chi connectivity index (χ1v) is 13.8. The van der Waals surface area contributed by atoms with Crippen LogP contribution in [0.4, 0.5) is 41.2 Å². The second-order valence-corrected chi connectivity index (χ2v) is 10.7. The number of halogens is 7. The van der Waals surface area contributed by atoms with Crippen LogP contribution >= 0.6 is 0 Å². The van der Waals surface area contributed by atoms with E-state index in [0.717, 1.165) is 11.3 Å². The van der Waals surface area contributed by atoms with Gasteiger partial charge in [-0.25, -0.2) is 9.18 Å². The highest BCUT2D eigenvalue weighted by Crippen LogP contribution is 2.38. The van der Waals surface area contributed by atoms with Crippen LogP contribution in [0.1, 0.15) is 32.7 Å². The first-order valence-electron chi connectivity index (χ1n) is 13.8. The average molecular weight is 633 g/mol. The highest BCUT2D eigenvalue weighted by atomic mass is 19.4. The SMILES string of the molecule is Cc1ccc(-n2c(-c3ccc(F)cc3)cc(C(=O)N3CCN(C(=O)Nc4cc(C(F)(F)F)cc(C(F)(F)F)c4)CC3)c2C)cc1. The number of urea groups is 1. The minimum absolute atomic E-state index is 0.00873. The molecule has 3 aromatic carbocycles. The van der Waals surface area contributed by atoms with Gasteiger partial charge in [0.15, 0.2) is 0 Å². The van der Waals surface area contributed by atoms with Crippen molar-refractivity contribution < 1.29 is 40.3 Å². The Kier molecular flexibility index (Phi) is 8.39. The Morgan fingerprint density at radius 3 is 1.78 bits per heavy atom. The predicted octanol–water partition coefficient (Wildman–Crippen LogP) is 7.93.